The Hall–Kier alpha value is -2.54. The van der Waals surface area contributed by atoms with E-state index < -0.39 is 0 Å². The van der Waals surface area contributed by atoms with E-state index in [0.29, 0.717) is 11.8 Å². The van der Waals surface area contributed by atoms with Crippen molar-refractivity contribution in [2.75, 3.05) is 13.1 Å². The second-order valence-corrected chi connectivity index (χ2v) is 6.74. The molecular formula is C18H22N6O. The maximum atomic E-state index is 5.43. The Kier molecular flexibility index (Phi) is 4.56. The molecule has 3 heterocycles. The number of piperidine rings is 1. The summed E-state index contributed by atoms with van der Waals surface area (Å²) < 4.78 is 7.35. The molecule has 1 saturated heterocycles. The van der Waals surface area contributed by atoms with Crippen LogP contribution in [0.15, 0.2) is 41.4 Å². The number of hydrogen-bond donors (Lipinski definition) is 0. The van der Waals surface area contributed by atoms with E-state index in [9.17, 15) is 0 Å². The summed E-state index contributed by atoms with van der Waals surface area (Å²) in [5.41, 5.74) is 2.18. The summed E-state index contributed by atoms with van der Waals surface area (Å²) in [5.74, 6) is 1.92. The largest absolute Gasteiger partial charge is 0.334 e. The van der Waals surface area contributed by atoms with Crippen LogP contribution < -0.4 is 0 Å². The Balaban J connectivity index is 1.37. The highest BCUT2D eigenvalue weighted by Gasteiger charge is 2.22. The highest BCUT2D eigenvalue weighted by Crippen LogP contribution is 2.21. The van der Waals surface area contributed by atoms with Crippen LogP contribution in [0.5, 0.6) is 0 Å². The third kappa shape index (κ3) is 3.93. The summed E-state index contributed by atoms with van der Waals surface area (Å²) >= 11 is 0. The van der Waals surface area contributed by atoms with Crippen molar-refractivity contribution in [3.63, 3.8) is 0 Å². The zero-order chi connectivity index (χ0) is 17.1. The lowest BCUT2D eigenvalue weighted by Gasteiger charge is -2.31. The molecule has 1 fully saturated rings. The molecule has 0 amide bonds. The minimum absolute atomic E-state index is 0.582. The third-order valence-electron chi connectivity index (χ3n) is 4.65. The molecule has 1 aromatic carbocycles. The van der Waals surface area contributed by atoms with Crippen molar-refractivity contribution in [2.24, 2.45) is 5.92 Å². The molecule has 0 spiro atoms. The van der Waals surface area contributed by atoms with Gasteiger partial charge in [-0.15, -0.1) is 0 Å². The zero-order valence-corrected chi connectivity index (χ0v) is 14.4. The first kappa shape index (κ1) is 16.0. The minimum Gasteiger partial charge on any atom is -0.334 e. The first-order valence-electron chi connectivity index (χ1n) is 8.70. The fourth-order valence-corrected chi connectivity index (χ4v) is 3.37. The molecule has 3 aromatic rings. The van der Waals surface area contributed by atoms with Crippen molar-refractivity contribution in [2.45, 2.75) is 32.9 Å². The first-order chi connectivity index (χ1) is 12.3. The SMILES string of the molecule is Cc1ccc(-c2nc(CN3CCC[C@@H](Cn4cncn4)C3)no2)cc1. The van der Waals surface area contributed by atoms with Gasteiger partial charge in [0.25, 0.3) is 5.89 Å². The summed E-state index contributed by atoms with van der Waals surface area (Å²) in [7, 11) is 0. The Morgan fingerprint density at radius 2 is 2.12 bits per heavy atom. The van der Waals surface area contributed by atoms with Crippen LogP contribution in [-0.4, -0.2) is 42.9 Å². The molecular weight excluding hydrogens is 316 g/mol. The van der Waals surface area contributed by atoms with Crippen LogP contribution in [0.1, 0.15) is 24.2 Å². The second-order valence-electron chi connectivity index (χ2n) is 6.74. The number of likely N-dealkylation sites (tertiary alicyclic amines) is 1. The van der Waals surface area contributed by atoms with Crippen molar-refractivity contribution < 1.29 is 4.52 Å². The number of nitrogens with zero attached hydrogens (tertiary/aromatic N) is 6. The van der Waals surface area contributed by atoms with Crippen LogP contribution in [0.2, 0.25) is 0 Å². The molecule has 0 aliphatic carbocycles. The predicted octanol–water partition coefficient (Wildman–Crippen LogP) is 2.55. The van der Waals surface area contributed by atoms with E-state index in [2.05, 4.69) is 44.2 Å². The molecule has 0 N–H and O–H groups in total. The first-order valence-corrected chi connectivity index (χ1v) is 8.70. The Bertz CT molecular complexity index is 795. The smallest absolute Gasteiger partial charge is 0.257 e. The molecule has 0 radical (unpaired) electrons. The lowest BCUT2D eigenvalue weighted by molar-refractivity contribution is 0.149. The van der Waals surface area contributed by atoms with Gasteiger partial charge in [-0.1, -0.05) is 22.9 Å². The van der Waals surface area contributed by atoms with E-state index in [1.54, 1.807) is 12.7 Å². The van der Waals surface area contributed by atoms with E-state index in [0.717, 1.165) is 37.6 Å². The fraction of sp³-hybridized carbons (Fsp3) is 0.444. The number of aryl methyl sites for hydroxylation is 1. The third-order valence-corrected chi connectivity index (χ3v) is 4.65. The topological polar surface area (TPSA) is 72.9 Å². The van der Waals surface area contributed by atoms with E-state index in [1.807, 2.05) is 16.8 Å². The van der Waals surface area contributed by atoms with E-state index in [4.69, 9.17) is 4.52 Å². The molecule has 7 nitrogen and oxygen atoms in total. The summed E-state index contributed by atoms with van der Waals surface area (Å²) in [6.45, 7) is 5.80. The van der Waals surface area contributed by atoms with Gasteiger partial charge in [0.05, 0.1) is 6.54 Å². The normalized spacial score (nSPS) is 18.5. The van der Waals surface area contributed by atoms with Crippen LogP contribution in [0, 0.1) is 12.8 Å². The van der Waals surface area contributed by atoms with Gasteiger partial charge in [-0.05, 0) is 44.4 Å². The van der Waals surface area contributed by atoms with Gasteiger partial charge in [-0.25, -0.2) is 4.98 Å². The monoisotopic (exact) mass is 338 g/mol. The lowest BCUT2D eigenvalue weighted by Crippen LogP contribution is -2.36. The summed E-state index contributed by atoms with van der Waals surface area (Å²) in [6.07, 6.45) is 5.78. The standard InChI is InChI=1S/C18H22N6O/c1-14-4-6-16(7-5-14)18-21-17(22-25-18)11-23-8-2-3-15(9-23)10-24-13-19-12-20-24/h4-7,12-13,15H,2-3,8-11H2,1H3/t15-/m1/s1. The van der Waals surface area contributed by atoms with Crippen molar-refractivity contribution in [3.05, 3.63) is 48.3 Å². The maximum Gasteiger partial charge on any atom is 0.257 e. The number of aromatic nitrogens is 5. The summed E-state index contributed by atoms with van der Waals surface area (Å²) in [6, 6.07) is 8.14. The Morgan fingerprint density at radius 1 is 1.24 bits per heavy atom. The fourth-order valence-electron chi connectivity index (χ4n) is 3.37. The van der Waals surface area contributed by atoms with E-state index >= 15 is 0 Å². The van der Waals surface area contributed by atoms with Crippen molar-refractivity contribution >= 4 is 0 Å². The second kappa shape index (κ2) is 7.14. The molecule has 0 unspecified atom stereocenters. The molecule has 0 bridgehead atoms. The van der Waals surface area contributed by atoms with Crippen LogP contribution in [0.4, 0.5) is 0 Å². The van der Waals surface area contributed by atoms with Crippen molar-refractivity contribution in [1.29, 1.82) is 0 Å². The minimum atomic E-state index is 0.582. The highest BCUT2D eigenvalue weighted by atomic mass is 16.5. The van der Waals surface area contributed by atoms with E-state index in [-0.39, 0.29) is 0 Å². The molecule has 1 aliphatic rings. The quantitative estimate of drug-likeness (QED) is 0.712. The number of rotatable bonds is 5. The molecule has 25 heavy (non-hydrogen) atoms. The van der Waals surface area contributed by atoms with Gasteiger partial charge in [0.1, 0.15) is 12.7 Å². The van der Waals surface area contributed by atoms with Crippen LogP contribution >= 0.6 is 0 Å². The zero-order valence-electron chi connectivity index (χ0n) is 14.4. The number of benzene rings is 1. The predicted molar refractivity (Wildman–Crippen MR) is 92.5 cm³/mol. The van der Waals surface area contributed by atoms with Gasteiger partial charge in [0, 0.05) is 18.7 Å². The summed E-state index contributed by atoms with van der Waals surface area (Å²) in [5, 5.41) is 8.36. The lowest BCUT2D eigenvalue weighted by atomic mass is 9.98. The molecule has 1 aliphatic heterocycles. The Labute approximate surface area is 146 Å². The maximum absolute atomic E-state index is 5.43. The highest BCUT2D eigenvalue weighted by molar-refractivity contribution is 5.53. The van der Waals surface area contributed by atoms with Crippen LogP contribution in [-0.2, 0) is 13.1 Å². The van der Waals surface area contributed by atoms with Crippen LogP contribution in [0.3, 0.4) is 0 Å². The van der Waals surface area contributed by atoms with Gasteiger partial charge in [-0.3, -0.25) is 9.58 Å². The average Bonchev–Trinajstić information content (AvgIpc) is 3.28. The molecule has 130 valence electrons. The van der Waals surface area contributed by atoms with Gasteiger partial charge in [0.15, 0.2) is 5.82 Å². The van der Waals surface area contributed by atoms with Crippen molar-refractivity contribution in [1.82, 2.24) is 29.8 Å². The average molecular weight is 338 g/mol. The number of hydrogen-bond acceptors (Lipinski definition) is 6. The van der Waals surface area contributed by atoms with Gasteiger partial charge in [-0.2, -0.15) is 10.1 Å². The molecule has 2 aromatic heterocycles. The molecule has 4 rings (SSSR count). The molecule has 7 heteroatoms. The van der Waals surface area contributed by atoms with Gasteiger partial charge in [0.2, 0.25) is 0 Å². The molecule has 1 atom stereocenters. The summed E-state index contributed by atoms with van der Waals surface area (Å²) in [4.78, 5) is 11.0. The van der Waals surface area contributed by atoms with Crippen molar-refractivity contribution in [3.8, 4) is 11.5 Å². The van der Waals surface area contributed by atoms with Gasteiger partial charge < -0.3 is 4.52 Å². The van der Waals surface area contributed by atoms with Crippen LogP contribution in [0.25, 0.3) is 11.5 Å². The van der Waals surface area contributed by atoms with Gasteiger partial charge >= 0.3 is 0 Å². The van der Waals surface area contributed by atoms with E-state index in [1.165, 1.54) is 18.4 Å². The molecule has 0 saturated carbocycles. The Morgan fingerprint density at radius 3 is 2.92 bits per heavy atom.